The van der Waals surface area contributed by atoms with Gasteiger partial charge in [-0.2, -0.15) is 5.10 Å². The Labute approximate surface area is 147 Å². The molecule has 0 fully saturated rings. The topological polar surface area (TPSA) is 94.4 Å². The monoisotopic (exact) mass is 348 g/mol. The largest absolute Gasteiger partial charge is 0.354 e. The standard InChI is InChI=1S/C18H12N4O4/c23-15(10-21-11-19-16(20-21)12-6-2-1-3-7-12)26-22-17(24)13-8-4-5-9-14(13)18(22)25/h1-9,11H,10H2. The van der Waals surface area contributed by atoms with Gasteiger partial charge in [-0.25, -0.2) is 14.5 Å². The van der Waals surface area contributed by atoms with Crippen LogP contribution < -0.4 is 0 Å². The average Bonchev–Trinajstić information content (AvgIpc) is 3.22. The fourth-order valence-corrected chi connectivity index (χ4v) is 2.60. The number of hydroxylamine groups is 2. The van der Waals surface area contributed by atoms with Crippen molar-refractivity contribution in [1.29, 1.82) is 0 Å². The first-order chi connectivity index (χ1) is 12.6. The molecule has 128 valence electrons. The fourth-order valence-electron chi connectivity index (χ4n) is 2.60. The van der Waals surface area contributed by atoms with E-state index in [9.17, 15) is 14.4 Å². The van der Waals surface area contributed by atoms with Gasteiger partial charge in [0.25, 0.3) is 11.8 Å². The number of imide groups is 1. The molecule has 1 aromatic heterocycles. The van der Waals surface area contributed by atoms with Gasteiger partial charge in [-0.1, -0.05) is 47.5 Å². The Morgan fingerprint density at radius 1 is 0.923 bits per heavy atom. The quantitative estimate of drug-likeness (QED) is 0.666. The van der Waals surface area contributed by atoms with Gasteiger partial charge in [0, 0.05) is 5.56 Å². The fraction of sp³-hybridized carbons (Fsp3) is 0.0556. The van der Waals surface area contributed by atoms with Crippen LogP contribution in [0.3, 0.4) is 0 Å². The molecule has 1 aliphatic heterocycles. The molecule has 1 aliphatic rings. The van der Waals surface area contributed by atoms with Gasteiger partial charge in [-0.15, -0.1) is 0 Å². The van der Waals surface area contributed by atoms with Gasteiger partial charge in [0.05, 0.1) is 11.1 Å². The van der Waals surface area contributed by atoms with E-state index in [2.05, 4.69) is 10.1 Å². The number of benzene rings is 2. The lowest BCUT2D eigenvalue weighted by Crippen LogP contribution is -2.34. The zero-order valence-electron chi connectivity index (χ0n) is 13.4. The predicted molar refractivity (Wildman–Crippen MR) is 88.5 cm³/mol. The van der Waals surface area contributed by atoms with E-state index in [4.69, 9.17) is 4.84 Å². The van der Waals surface area contributed by atoms with Crippen LogP contribution in [0.2, 0.25) is 0 Å². The lowest BCUT2D eigenvalue weighted by Gasteiger charge is -2.12. The number of hydrogen-bond acceptors (Lipinski definition) is 6. The van der Waals surface area contributed by atoms with Crippen LogP contribution in [0.1, 0.15) is 20.7 Å². The molecule has 0 saturated heterocycles. The Kier molecular flexibility index (Phi) is 3.77. The average molecular weight is 348 g/mol. The summed E-state index contributed by atoms with van der Waals surface area (Å²) in [6, 6.07) is 15.6. The van der Waals surface area contributed by atoms with Gasteiger partial charge in [0.15, 0.2) is 5.82 Å². The first kappa shape index (κ1) is 15.7. The third kappa shape index (κ3) is 2.73. The summed E-state index contributed by atoms with van der Waals surface area (Å²) in [5.41, 5.74) is 1.22. The Bertz CT molecular complexity index is 978. The van der Waals surface area contributed by atoms with Crippen molar-refractivity contribution < 1.29 is 19.2 Å². The number of rotatable bonds is 4. The molecule has 0 radical (unpaired) electrons. The zero-order chi connectivity index (χ0) is 18.1. The second kappa shape index (κ2) is 6.25. The first-order valence-corrected chi connectivity index (χ1v) is 7.77. The SMILES string of the molecule is O=C(Cn1cnc(-c2ccccc2)n1)ON1C(=O)c2ccccc2C1=O. The van der Waals surface area contributed by atoms with Gasteiger partial charge in [-0.3, -0.25) is 9.59 Å². The van der Waals surface area contributed by atoms with Crippen molar-refractivity contribution in [2.45, 2.75) is 6.54 Å². The molecule has 0 spiro atoms. The zero-order valence-corrected chi connectivity index (χ0v) is 13.4. The maximum absolute atomic E-state index is 12.2. The minimum atomic E-state index is -0.802. The molecule has 8 nitrogen and oxygen atoms in total. The Morgan fingerprint density at radius 2 is 1.54 bits per heavy atom. The highest BCUT2D eigenvalue weighted by atomic mass is 16.7. The summed E-state index contributed by atoms with van der Waals surface area (Å²) in [6.07, 6.45) is 1.38. The van der Waals surface area contributed by atoms with Crippen LogP contribution in [0.5, 0.6) is 0 Å². The summed E-state index contributed by atoms with van der Waals surface area (Å²) in [4.78, 5) is 45.5. The summed E-state index contributed by atoms with van der Waals surface area (Å²) < 4.78 is 1.28. The molecule has 0 aliphatic carbocycles. The van der Waals surface area contributed by atoms with Gasteiger partial charge in [0.1, 0.15) is 12.9 Å². The smallest absolute Gasteiger partial charge is 0.328 e. The molecule has 8 heteroatoms. The van der Waals surface area contributed by atoms with E-state index < -0.39 is 17.8 Å². The van der Waals surface area contributed by atoms with E-state index in [0.717, 1.165) is 5.56 Å². The van der Waals surface area contributed by atoms with Crippen LogP contribution in [-0.4, -0.2) is 37.6 Å². The maximum Gasteiger partial charge on any atom is 0.354 e. The number of hydrogen-bond donors (Lipinski definition) is 0. The van der Waals surface area contributed by atoms with Crippen molar-refractivity contribution in [3.63, 3.8) is 0 Å². The van der Waals surface area contributed by atoms with E-state index in [0.29, 0.717) is 10.9 Å². The summed E-state index contributed by atoms with van der Waals surface area (Å²) >= 11 is 0. The summed E-state index contributed by atoms with van der Waals surface area (Å²) in [6.45, 7) is -0.284. The molecule has 4 rings (SSSR count). The molecule has 0 N–H and O–H groups in total. The van der Waals surface area contributed by atoms with Crippen LogP contribution >= 0.6 is 0 Å². The van der Waals surface area contributed by atoms with Crippen LogP contribution in [0.4, 0.5) is 0 Å². The molecule has 3 aromatic rings. The number of amides is 2. The lowest BCUT2D eigenvalue weighted by molar-refractivity contribution is -0.169. The molecule has 2 aromatic carbocycles. The predicted octanol–water partition coefficient (Wildman–Crippen LogP) is 1.70. The summed E-state index contributed by atoms with van der Waals surface area (Å²) in [5, 5.41) is 4.66. The second-order valence-corrected chi connectivity index (χ2v) is 5.55. The minimum Gasteiger partial charge on any atom is -0.328 e. The van der Waals surface area contributed by atoms with E-state index in [1.807, 2.05) is 30.3 Å². The molecule has 0 saturated carbocycles. The van der Waals surface area contributed by atoms with E-state index in [-0.39, 0.29) is 17.7 Å². The van der Waals surface area contributed by atoms with Crippen LogP contribution in [0.15, 0.2) is 60.9 Å². The van der Waals surface area contributed by atoms with Crippen molar-refractivity contribution in [2.75, 3.05) is 0 Å². The van der Waals surface area contributed by atoms with Crippen molar-refractivity contribution in [3.8, 4) is 11.4 Å². The highest BCUT2D eigenvalue weighted by molar-refractivity contribution is 6.20. The van der Waals surface area contributed by atoms with Crippen molar-refractivity contribution in [2.24, 2.45) is 0 Å². The highest BCUT2D eigenvalue weighted by Crippen LogP contribution is 2.22. The van der Waals surface area contributed by atoms with Gasteiger partial charge < -0.3 is 4.84 Å². The van der Waals surface area contributed by atoms with E-state index in [1.165, 1.54) is 23.1 Å². The Morgan fingerprint density at radius 3 is 2.19 bits per heavy atom. The normalized spacial score (nSPS) is 13.0. The molecule has 0 bridgehead atoms. The maximum atomic E-state index is 12.2. The minimum absolute atomic E-state index is 0.206. The second-order valence-electron chi connectivity index (χ2n) is 5.55. The van der Waals surface area contributed by atoms with E-state index >= 15 is 0 Å². The summed E-state index contributed by atoms with van der Waals surface area (Å²) in [7, 11) is 0. The third-order valence-corrected chi connectivity index (χ3v) is 3.81. The third-order valence-electron chi connectivity index (χ3n) is 3.81. The van der Waals surface area contributed by atoms with Crippen LogP contribution in [0.25, 0.3) is 11.4 Å². The molecule has 26 heavy (non-hydrogen) atoms. The first-order valence-electron chi connectivity index (χ1n) is 7.77. The lowest BCUT2D eigenvalue weighted by atomic mass is 10.1. The van der Waals surface area contributed by atoms with Crippen molar-refractivity contribution >= 4 is 17.8 Å². The van der Waals surface area contributed by atoms with Crippen LogP contribution in [-0.2, 0) is 16.2 Å². The molecule has 0 unspecified atom stereocenters. The molecular weight excluding hydrogens is 336 g/mol. The number of carbonyl (C=O) groups excluding carboxylic acids is 3. The molecule has 2 amide bonds. The number of nitrogens with zero attached hydrogens (tertiary/aromatic N) is 4. The molecule has 2 heterocycles. The highest BCUT2D eigenvalue weighted by Gasteiger charge is 2.38. The Hall–Kier alpha value is -3.81. The van der Waals surface area contributed by atoms with Gasteiger partial charge in [0.2, 0.25) is 0 Å². The number of aromatic nitrogens is 3. The number of carbonyl (C=O) groups is 3. The van der Waals surface area contributed by atoms with Crippen LogP contribution in [0, 0.1) is 0 Å². The molecule has 0 atom stereocenters. The van der Waals surface area contributed by atoms with E-state index in [1.54, 1.807) is 12.1 Å². The number of fused-ring (bicyclic) bond motifs is 1. The Balaban J connectivity index is 1.45. The molecular formula is C18H12N4O4. The summed E-state index contributed by atoms with van der Waals surface area (Å²) in [5.74, 6) is -1.67. The van der Waals surface area contributed by atoms with Crippen molar-refractivity contribution in [3.05, 3.63) is 72.1 Å². The van der Waals surface area contributed by atoms with Gasteiger partial charge >= 0.3 is 5.97 Å². The van der Waals surface area contributed by atoms with Crippen molar-refractivity contribution in [1.82, 2.24) is 19.8 Å². The van der Waals surface area contributed by atoms with Gasteiger partial charge in [-0.05, 0) is 12.1 Å².